The van der Waals surface area contributed by atoms with Crippen LogP contribution >= 0.6 is 12.2 Å². The zero-order valence-corrected chi connectivity index (χ0v) is 12.9. The fourth-order valence-electron chi connectivity index (χ4n) is 1.63. The molecular formula is C12H18N2O4S2. The molecule has 20 heavy (non-hydrogen) atoms. The summed E-state index contributed by atoms with van der Waals surface area (Å²) in [5.41, 5.74) is 5.97. The Labute approximate surface area is 124 Å². The molecule has 0 aliphatic carbocycles. The fraction of sp³-hybridized carbons (Fsp3) is 0.417. The van der Waals surface area contributed by atoms with E-state index >= 15 is 0 Å². The van der Waals surface area contributed by atoms with Crippen LogP contribution in [-0.4, -0.2) is 56.2 Å². The standard InChI is InChI=1S/C12H18N2O4S2/c1-14(7-10(15)8-18-2)20(16,17)11-5-3-4-9(6-11)12(13)19/h3-6,10,15H,7-8H2,1-2H3,(H2,13,19). The van der Waals surface area contributed by atoms with Gasteiger partial charge in [-0.05, 0) is 12.1 Å². The number of hydrogen-bond donors (Lipinski definition) is 2. The van der Waals surface area contributed by atoms with Crippen LogP contribution < -0.4 is 5.73 Å². The topological polar surface area (TPSA) is 92.9 Å². The van der Waals surface area contributed by atoms with Gasteiger partial charge in [-0.25, -0.2) is 8.42 Å². The molecule has 0 bridgehead atoms. The number of benzene rings is 1. The van der Waals surface area contributed by atoms with E-state index < -0.39 is 16.1 Å². The molecule has 3 N–H and O–H groups in total. The molecule has 1 aromatic carbocycles. The van der Waals surface area contributed by atoms with Crippen molar-refractivity contribution in [2.45, 2.75) is 11.0 Å². The van der Waals surface area contributed by atoms with Crippen LogP contribution in [-0.2, 0) is 14.8 Å². The normalized spacial score (nSPS) is 13.4. The third kappa shape index (κ3) is 4.22. The predicted molar refractivity (Wildman–Crippen MR) is 80.0 cm³/mol. The van der Waals surface area contributed by atoms with Crippen molar-refractivity contribution in [1.82, 2.24) is 4.31 Å². The summed E-state index contributed by atoms with van der Waals surface area (Å²) in [6.45, 7) is 0.000256. The SMILES string of the molecule is COCC(O)CN(C)S(=O)(=O)c1cccc(C(N)=S)c1. The second-order valence-electron chi connectivity index (χ2n) is 4.29. The van der Waals surface area contributed by atoms with Crippen molar-refractivity contribution in [2.24, 2.45) is 5.73 Å². The van der Waals surface area contributed by atoms with Gasteiger partial charge in [0.05, 0.1) is 17.6 Å². The third-order valence-corrected chi connectivity index (χ3v) is 4.71. The van der Waals surface area contributed by atoms with Gasteiger partial charge < -0.3 is 15.6 Å². The zero-order chi connectivity index (χ0) is 15.3. The highest BCUT2D eigenvalue weighted by Crippen LogP contribution is 2.16. The average molecular weight is 318 g/mol. The number of ether oxygens (including phenoxy) is 1. The van der Waals surface area contributed by atoms with Gasteiger partial charge in [0.15, 0.2) is 0 Å². The maximum Gasteiger partial charge on any atom is 0.242 e. The monoisotopic (exact) mass is 318 g/mol. The van der Waals surface area contributed by atoms with E-state index in [1.165, 1.54) is 26.3 Å². The van der Waals surface area contributed by atoms with Crippen LogP contribution in [0.2, 0.25) is 0 Å². The molecule has 0 aromatic heterocycles. The number of methoxy groups -OCH3 is 1. The van der Waals surface area contributed by atoms with Crippen LogP contribution in [0.3, 0.4) is 0 Å². The van der Waals surface area contributed by atoms with Crippen molar-refractivity contribution in [3.8, 4) is 0 Å². The first-order chi connectivity index (χ1) is 9.28. The number of likely N-dealkylation sites (N-methyl/N-ethyl adjacent to an activating group) is 1. The molecule has 0 radical (unpaired) electrons. The lowest BCUT2D eigenvalue weighted by Gasteiger charge is -2.20. The number of nitrogens with two attached hydrogens (primary N) is 1. The molecule has 1 atom stereocenters. The summed E-state index contributed by atoms with van der Waals surface area (Å²) in [5.74, 6) is 0. The van der Waals surface area contributed by atoms with Gasteiger partial charge in [-0.1, -0.05) is 24.4 Å². The van der Waals surface area contributed by atoms with Crippen LogP contribution in [0.15, 0.2) is 29.2 Å². The summed E-state index contributed by atoms with van der Waals surface area (Å²) in [6, 6.07) is 6.08. The third-order valence-electron chi connectivity index (χ3n) is 2.65. The van der Waals surface area contributed by atoms with Crippen molar-refractivity contribution in [3.63, 3.8) is 0 Å². The first kappa shape index (κ1) is 17.0. The van der Waals surface area contributed by atoms with Gasteiger partial charge in [0.1, 0.15) is 4.99 Å². The molecule has 0 spiro atoms. The lowest BCUT2D eigenvalue weighted by atomic mass is 10.2. The van der Waals surface area contributed by atoms with Gasteiger partial charge in [0.25, 0.3) is 0 Å². The fourth-order valence-corrected chi connectivity index (χ4v) is 3.01. The molecule has 0 amide bonds. The molecule has 0 aliphatic heterocycles. The highest BCUT2D eigenvalue weighted by molar-refractivity contribution is 7.89. The average Bonchev–Trinajstić information content (AvgIpc) is 2.38. The molecule has 0 aliphatic rings. The summed E-state index contributed by atoms with van der Waals surface area (Å²) in [6.07, 6.45) is -0.890. The molecule has 8 heteroatoms. The second kappa shape index (κ2) is 7.09. The van der Waals surface area contributed by atoms with Crippen molar-refractivity contribution >= 4 is 27.2 Å². The maximum atomic E-state index is 12.3. The minimum Gasteiger partial charge on any atom is -0.389 e. The number of aliphatic hydroxyl groups excluding tert-OH is 1. The van der Waals surface area contributed by atoms with Gasteiger partial charge in [0, 0.05) is 26.3 Å². The van der Waals surface area contributed by atoms with Crippen LogP contribution in [0.1, 0.15) is 5.56 Å². The lowest BCUT2D eigenvalue weighted by molar-refractivity contribution is 0.0554. The Morgan fingerprint density at radius 2 is 2.20 bits per heavy atom. The Balaban J connectivity index is 2.98. The summed E-state index contributed by atoms with van der Waals surface area (Å²) < 4.78 is 30.5. The lowest BCUT2D eigenvalue weighted by Crippen LogP contribution is -2.36. The van der Waals surface area contributed by atoms with Gasteiger partial charge in [0.2, 0.25) is 10.0 Å². The van der Waals surface area contributed by atoms with E-state index in [-0.39, 0.29) is 23.0 Å². The molecule has 1 rings (SSSR count). The van der Waals surface area contributed by atoms with Crippen LogP contribution in [0, 0.1) is 0 Å². The van der Waals surface area contributed by atoms with E-state index in [0.29, 0.717) is 5.56 Å². The molecule has 0 saturated carbocycles. The minimum atomic E-state index is -3.71. The molecule has 1 unspecified atom stereocenters. The van der Waals surface area contributed by atoms with Crippen molar-refractivity contribution < 1.29 is 18.3 Å². The van der Waals surface area contributed by atoms with E-state index in [1.54, 1.807) is 12.1 Å². The Morgan fingerprint density at radius 1 is 1.55 bits per heavy atom. The van der Waals surface area contributed by atoms with Gasteiger partial charge in [-0.15, -0.1) is 0 Å². The maximum absolute atomic E-state index is 12.3. The highest BCUT2D eigenvalue weighted by atomic mass is 32.2. The number of sulfonamides is 1. The summed E-state index contributed by atoms with van der Waals surface area (Å²) in [7, 11) is -0.881. The number of aliphatic hydroxyl groups is 1. The van der Waals surface area contributed by atoms with Crippen molar-refractivity contribution in [2.75, 3.05) is 27.3 Å². The van der Waals surface area contributed by atoms with Gasteiger partial charge >= 0.3 is 0 Å². The highest BCUT2D eigenvalue weighted by Gasteiger charge is 2.23. The van der Waals surface area contributed by atoms with Crippen LogP contribution in [0.4, 0.5) is 0 Å². The smallest absolute Gasteiger partial charge is 0.242 e. The van der Waals surface area contributed by atoms with E-state index in [0.717, 1.165) is 4.31 Å². The van der Waals surface area contributed by atoms with Crippen molar-refractivity contribution in [1.29, 1.82) is 0 Å². The predicted octanol–water partition coefficient (Wildman–Crippen LogP) is -0.0514. The second-order valence-corrected chi connectivity index (χ2v) is 6.77. The largest absolute Gasteiger partial charge is 0.389 e. The summed E-state index contributed by atoms with van der Waals surface area (Å²) in [4.78, 5) is 0.207. The Hall–Kier alpha value is -1.06. The number of hydrogen-bond acceptors (Lipinski definition) is 5. The molecule has 0 heterocycles. The van der Waals surface area contributed by atoms with E-state index in [9.17, 15) is 13.5 Å². The van der Waals surface area contributed by atoms with E-state index in [1.807, 2.05) is 0 Å². The molecular weight excluding hydrogens is 300 g/mol. The van der Waals surface area contributed by atoms with Gasteiger partial charge in [-0.3, -0.25) is 0 Å². The first-order valence-corrected chi connectivity index (χ1v) is 7.67. The minimum absolute atomic E-state index is 0.0620. The van der Waals surface area contributed by atoms with Crippen molar-refractivity contribution in [3.05, 3.63) is 29.8 Å². The van der Waals surface area contributed by atoms with Crippen LogP contribution in [0.5, 0.6) is 0 Å². The Kier molecular flexibility index (Phi) is 6.03. The molecule has 1 aromatic rings. The zero-order valence-electron chi connectivity index (χ0n) is 11.3. The molecule has 112 valence electrons. The Morgan fingerprint density at radius 3 is 2.75 bits per heavy atom. The summed E-state index contributed by atoms with van der Waals surface area (Å²) >= 11 is 4.83. The number of rotatable bonds is 7. The molecule has 0 saturated heterocycles. The molecule has 0 fully saturated rings. The van der Waals surface area contributed by atoms with E-state index in [2.05, 4.69) is 0 Å². The first-order valence-electron chi connectivity index (χ1n) is 5.82. The summed E-state index contributed by atoms with van der Waals surface area (Å²) in [5, 5.41) is 9.60. The number of thiocarbonyl (C=S) groups is 1. The molecule has 6 nitrogen and oxygen atoms in total. The number of nitrogens with zero attached hydrogens (tertiary/aromatic N) is 1. The van der Waals surface area contributed by atoms with Crippen LogP contribution in [0.25, 0.3) is 0 Å². The quantitative estimate of drug-likeness (QED) is 0.685. The Bertz CT molecular complexity index is 575. The van der Waals surface area contributed by atoms with Gasteiger partial charge in [-0.2, -0.15) is 4.31 Å². The van der Waals surface area contributed by atoms with E-state index in [4.69, 9.17) is 22.7 Å².